The van der Waals surface area contributed by atoms with E-state index in [4.69, 9.17) is 11.6 Å². The minimum Gasteiger partial charge on any atom is -0.365 e. The molecule has 3 rings (SSSR count). The van der Waals surface area contributed by atoms with Crippen molar-refractivity contribution >= 4 is 33.3 Å². The number of hydrogen-bond acceptors (Lipinski definition) is 3. The first kappa shape index (κ1) is 11.8. The topological polar surface area (TPSA) is 28.2 Å². The summed E-state index contributed by atoms with van der Waals surface area (Å²) in [5, 5.41) is 4.15. The molecule has 92 valence electrons. The molecule has 0 bridgehead atoms. The predicted molar refractivity (Wildman–Crippen MR) is 73.6 cm³/mol. The second-order valence-electron chi connectivity index (χ2n) is 4.84. The van der Waals surface area contributed by atoms with Crippen molar-refractivity contribution < 1.29 is 0 Å². The first-order valence-electron chi connectivity index (χ1n) is 6.04. The first-order chi connectivity index (χ1) is 8.22. The monoisotopic (exact) mass is 315 g/mol. The van der Waals surface area contributed by atoms with E-state index >= 15 is 0 Å². The van der Waals surface area contributed by atoms with E-state index in [2.05, 4.69) is 31.1 Å². The van der Waals surface area contributed by atoms with Crippen LogP contribution in [0.15, 0.2) is 16.7 Å². The van der Waals surface area contributed by atoms with Crippen molar-refractivity contribution in [1.82, 2.24) is 9.88 Å². The van der Waals surface area contributed by atoms with Crippen LogP contribution in [0.25, 0.3) is 0 Å². The van der Waals surface area contributed by atoms with Gasteiger partial charge in [-0.15, -0.1) is 0 Å². The molecule has 3 nitrogen and oxygen atoms in total. The van der Waals surface area contributed by atoms with Gasteiger partial charge in [-0.05, 0) is 41.3 Å². The summed E-state index contributed by atoms with van der Waals surface area (Å²) in [7, 11) is 0. The summed E-state index contributed by atoms with van der Waals surface area (Å²) in [5.41, 5.74) is 0. The molecule has 2 aliphatic rings. The summed E-state index contributed by atoms with van der Waals surface area (Å²) in [4.78, 5) is 6.90. The maximum absolute atomic E-state index is 5.88. The molecule has 1 saturated carbocycles. The van der Waals surface area contributed by atoms with Gasteiger partial charge in [-0.25, -0.2) is 4.98 Å². The van der Waals surface area contributed by atoms with E-state index in [0.717, 1.165) is 22.9 Å². The predicted octanol–water partition coefficient (Wildman–Crippen LogP) is 3.15. The zero-order valence-corrected chi connectivity index (χ0v) is 11.8. The van der Waals surface area contributed by atoms with Crippen LogP contribution < -0.4 is 5.32 Å². The van der Waals surface area contributed by atoms with Crippen LogP contribution in [-0.4, -0.2) is 35.1 Å². The molecule has 0 spiro atoms. The van der Waals surface area contributed by atoms with Crippen molar-refractivity contribution in [3.05, 3.63) is 21.8 Å². The van der Waals surface area contributed by atoms with Gasteiger partial charge in [-0.1, -0.05) is 11.6 Å². The standard InChI is InChI=1S/C12H15BrClN3/c13-11-5-8(14)6-15-12(11)16-9-3-4-17(7-9)10-1-2-10/h5-6,9-10H,1-4,7H2,(H,15,16). The van der Waals surface area contributed by atoms with E-state index in [1.165, 1.54) is 25.8 Å². The summed E-state index contributed by atoms with van der Waals surface area (Å²) in [5.74, 6) is 0.900. The molecule has 0 radical (unpaired) electrons. The Morgan fingerprint density at radius 3 is 2.94 bits per heavy atom. The Hall–Kier alpha value is -0.320. The first-order valence-corrected chi connectivity index (χ1v) is 7.21. The molecule has 1 aliphatic heterocycles. The van der Waals surface area contributed by atoms with Crippen LogP contribution >= 0.6 is 27.5 Å². The SMILES string of the molecule is Clc1cnc(NC2CCN(C3CC3)C2)c(Br)c1. The normalized spacial score (nSPS) is 25.2. The highest BCUT2D eigenvalue weighted by atomic mass is 79.9. The van der Waals surface area contributed by atoms with Gasteiger partial charge in [0.05, 0.1) is 9.50 Å². The van der Waals surface area contributed by atoms with Crippen molar-refractivity contribution in [3.63, 3.8) is 0 Å². The van der Waals surface area contributed by atoms with Crippen molar-refractivity contribution in [2.75, 3.05) is 18.4 Å². The van der Waals surface area contributed by atoms with Crippen molar-refractivity contribution in [2.45, 2.75) is 31.3 Å². The van der Waals surface area contributed by atoms with Crippen LogP contribution in [0.2, 0.25) is 5.02 Å². The Kier molecular flexibility index (Phi) is 3.28. The third-order valence-corrected chi connectivity index (χ3v) is 4.24. The van der Waals surface area contributed by atoms with Gasteiger partial charge < -0.3 is 5.32 Å². The molecule has 1 saturated heterocycles. The van der Waals surface area contributed by atoms with Gasteiger partial charge in [0.1, 0.15) is 5.82 Å². The smallest absolute Gasteiger partial charge is 0.140 e. The van der Waals surface area contributed by atoms with E-state index in [0.29, 0.717) is 11.1 Å². The van der Waals surface area contributed by atoms with Gasteiger partial charge in [0, 0.05) is 31.4 Å². The maximum Gasteiger partial charge on any atom is 0.140 e. The third kappa shape index (κ3) is 2.75. The van der Waals surface area contributed by atoms with Crippen molar-refractivity contribution in [2.24, 2.45) is 0 Å². The minimum atomic E-state index is 0.514. The Bertz CT molecular complexity index is 422. The number of nitrogens with zero attached hydrogens (tertiary/aromatic N) is 2. The quantitative estimate of drug-likeness (QED) is 0.928. The van der Waals surface area contributed by atoms with Crippen LogP contribution in [-0.2, 0) is 0 Å². The Balaban J connectivity index is 1.63. The molecular formula is C12H15BrClN3. The largest absolute Gasteiger partial charge is 0.365 e. The fourth-order valence-corrected chi connectivity index (χ4v) is 3.14. The molecule has 1 atom stereocenters. The number of anilines is 1. The van der Waals surface area contributed by atoms with Gasteiger partial charge in [-0.2, -0.15) is 0 Å². The number of hydrogen-bond donors (Lipinski definition) is 1. The van der Waals surface area contributed by atoms with Crippen LogP contribution in [0.1, 0.15) is 19.3 Å². The highest BCUT2D eigenvalue weighted by molar-refractivity contribution is 9.10. The zero-order chi connectivity index (χ0) is 11.8. The lowest BCUT2D eigenvalue weighted by Gasteiger charge is -2.16. The molecule has 2 fully saturated rings. The Morgan fingerprint density at radius 1 is 1.41 bits per heavy atom. The average Bonchev–Trinajstić information content (AvgIpc) is 3.04. The number of halogens is 2. The van der Waals surface area contributed by atoms with E-state index in [9.17, 15) is 0 Å². The summed E-state index contributed by atoms with van der Waals surface area (Å²) in [6.45, 7) is 2.36. The molecule has 2 heterocycles. The lowest BCUT2D eigenvalue weighted by Crippen LogP contribution is -2.28. The van der Waals surface area contributed by atoms with E-state index in [1.54, 1.807) is 6.20 Å². The third-order valence-electron chi connectivity index (χ3n) is 3.43. The van der Waals surface area contributed by atoms with Gasteiger partial charge >= 0.3 is 0 Å². The number of rotatable bonds is 3. The fourth-order valence-electron chi connectivity index (χ4n) is 2.39. The van der Waals surface area contributed by atoms with E-state index < -0.39 is 0 Å². The number of nitrogens with one attached hydrogen (secondary N) is 1. The molecule has 1 aromatic heterocycles. The Morgan fingerprint density at radius 2 is 2.24 bits per heavy atom. The van der Waals surface area contributed by atoms with Crippen molar-refractivity contribution in [1.29, 1.82) is 0 Å². The van der Waals surface area contributed by atoms with E-state index in [-0.39, 0.29) is 0 Å². The number of likely N-dealkylation sites (tertiary alicyclic amines) is 1. The van der Waals surface area contributed by atoms with Gasteiger partial charge in [0.2, 0.25) is 0 Å². The number of pyridine rings is 1. The molecule has 0 aromatic carbocycles. The van der Waals surface area contributed by atoms with Crippen LogP contribution in [0, 0.1) is 0 Å². The van der Waals surface area contributed by atoms with Gasteiger partial charge in [0.15, 0.2) is 0 Å². The molecule has 1 unspecified atom stereocenters. The molecule has 0 amide bonds. The lowest BCUT2D eigenvalue weighted by molar-refractivity contribution is 0.326. The second-order valence-corrected chi connectivity index (χ2v) is 6.13. The molecular weight excluding hydrogens is 302 g/mol. The summed E-state index contributed by atoms with van der Waals surface area (Å²) >= 11 is 9.37. The van der Waals surface area contributed by atoms with Crippen LogP contribution in [0.4, 0.5) is 5.82 Å². The second kappa shape index (κ2) is 4.75. The summed E-state index contributed by atoms with van der Waals surface area (Å²) in [6, 6.07) is 3.26. The van der Waals surface area contributed by atoms with Gasteiger partial charge in [0.25, 0.3) is 0 Å². The minimum absolute atomic E-state index is 0.514. The highest BCUT2D eigenvalue weighted by Crippen LogP contribution is 2.31. The zero-order valence-electron chi connectivity index (χ0n) is 9.50. The number of aromatic nitrogens is 1. The maximum atomic E-state index is 5.88. The van der Waals surface area contributed by atoms with Crippen LogP contribution in [0.3, 0.4) is 0 Å². The average molecular weight is 317 g/mol. The highest BCUT2D eigenvalue weighted by Gasteiger charge is 2.34. The Labute approximate surface area is 115 Å². The molecule has 1 aliphatic carbocycles. The van der Waals surface area contributed by atoms with Crippen LogP contribution in [0.5, 0.6) is 0 Å². The molecule has 5 heteroatoms. The lowest BCUT2D eigenvalue weighted by atomic mass is 10.2. The fraction of sp³-hybridized carbons (Fsp3) is 0.583. The molecule has 1 N–H and O–H groups in total. The van der Waals surface area contributed by atoms with Gasteiger partial charge in [-0.3, -0.25) is 4.90 Å². The van der Waals surface area contributed by atoms with E-state index in [1.807, 2.05) is 6.07 Å². The molecule has 17 heavy (non-hydrogen) atoms. The summed E-state index contributed by atoms with van der Waals surface area (Å²) < 4.78 is 0.940. The summed E-state index contributed by atoms with van der Waals surface area (Å²) in [6.07, 6.45) is 5.65. The van der Waals surface area contributed by atoms with Crippen molar-refractivity contribution in [3.8, 4) is 0 Å². The molecule has 1 aromatic rings.